The lowest BCUT2D eigenvalue weighted by molar-refractivity contribution is -0.150. The predicted molar refractivity (Wildman–Crippen MR) is 140 cm³/mol. The first kappa shape index (κ1) is 26.6. The number of benzene rings is 2. The quantitative estimate of drug-likeness (QED) is 0.379. The highest BCUT2D eigenvalue weighted by Crippen LogP contribution is 2.16. The van der Waals surface area contributed by atoms with Crippen LogP contribution in [0.5, 0.6) is 5.75 Å². The van der Waals surface area contributed by atoms with Gasteiger partial charge in [0.1, 0.15) is 18.4 Å². The van der Waals surface area contributed by atoms with E-state index in [0.717, 1.165) is 24.8 Å². The van der Waals surface area contributed by atoms with Gasteiger partial charge in [-0.05, 0) is 48.8 Å². The first-order valence-corrected chi connectivity index (χ1v) is 12.8. The Morgan fingerprint density at radius 1 is 1.16 bits per heavy atom. The van der Waals surface area contributed by atoms with E-state index in [2.05, 4.69) is 10.6 Å². The van der Waals surface area contributed by atoms with Crippen molar-refractivity contribution >= 4 is 35.1 Å². The second-order valence-corrected chi connectivity index (χ2v) is 9.28. The molecule has 2 N–H and O–H groups in total. The van der Waals surface area contributed by atoms with Gasteiger partial charge in [-0.15, -0.1) is 0 Å². The van der Waals surface area contributed by atoms with Gasteiger partial charge in [0.2, 0.25) is 5.91 Å². The number of hydrogen-bond acceptors (Lipinski definition) is 7. The number of rotatable bonds is 9. The fourth-order valence-electron chi connectivity index (χ4n) is 4.24. The zero-order valence-corrected chi connectivity index (χ0v) is 21.3. The minimum absolute atomic E-state index is 0.0761. The van der Waals surface area contributed by atoms with Gasteiger partial charge in [0.25, 0.3) is 5.91 Å². The fraction of sp³-hybridized carbons (Fsp3) is 0.407. The van der Waals surface area contributed by atoms with Crippen LogP contribution < -0.4 is 15.4 Å². The standard InChI is InChI=1S/C27H31N3O6S/c31-24(36-18-22-10-5-14-34-22)17-23-26(33)28-12-13-30(23)27(37)29-25(32)20-8-4-9-21(16-20)35-15-11-19-6-2-1-3-7-19/h1-4,6-9,16,22-23H,5,10-15,17-18H2,(H,28,33)(H,29,32,37). The molecule has 0 aromatic heterocycles. The molecule has 2 unspecified atom stereocenters. The van der Waals surface area contributed by atoms with Crippen LogP contribution in [0, 0.1) is 0 Å². The van der Waals surface area contributed by atoms with Crippen molar-refractivity contribution in [1.82, 2.24) is 15.5 Å². The smallest absolute Gasteiger partial charge is 0.308 e. The summed E-state index contributed by atoms with van der Waals surface area (Å²) in [5.41, 5.74) is 1.53. The van der Waals surface area contributed by atoms with Gasteiger partial charge in [-0.2, -0.15) is 0 Å². The number of carbonyl (C=O) groups is 3. The van der Waals surface area contributed by atoms with Crippen molar-refractivity contribution in [2.75, 3.05) is 32.9 Å². The van der Waals surface area contributed by atoms with Gasteiger partial charge >= 0.3 is 5.97 Å². The number of ether oxygens (including phenoxy) is 3. The number of nitrogens with one attached hydrogen (secondary N) is 2. The average Bonchev–Trinajstić information content (AvgIpc) is 3.43. The molecule has 2 aliphatic rings. The van der Waals surface area contributed by atoms with Crippen LogP contribution in [-0.4, -0.2) is 72.9 Å². The minimum Gasteiger partial charge on any atom is -0.493 e. The number of piperazine rings is 1. The monoisotopic (exact) mass is 525 g/mol. The van der Waals surface area contributed by atoms with E-state index in [0.29, 0.717) is 37.6 Å². The third-order valence-electron chi connectivity index (χ3n) is 6.22. The van der Waals surface area contributed by atoms with Crippen molar-refractivity contribution in [3.05, 3.63) is 65.7 Å². The topological polar surface area (TPSA) is 106 Å². The first-order chi connectivity index (χ1) is 18.0. The Kier molecular flexibility index (Phi) is 9.45. The van der Waals surface area contributed by atoms with Crippen LogP contribution in [-0.2, 0) is 25.5 Å². The molecule has 0 aliphatic carbocycles. The molecule has 37 heavy (non-hydrogen) atoms. The van der Waals surface area contributed by atoms with E-state index in [1.807, 2.05) is 30.3 Å². The van der Waals surface area contributed by atoms with Gasteiger partial charge in [-0.25, -0.2) is 0 Å². The maximum atomic E-state index is 12.9. The van der Waals surface area contributed by atoms with Crippen LogP contribution in [0.4, 0.5) is 0 Å². The van der Waals surface area contributed by atoms with Gasteiger partial charge in [0.05, 0.1) is 19.1 Å². The maximum Gasteiger partial charge on any atom is 0.308 e. The van der Waals surface area contributed by atoms with Gasteiger partial charge in [-0.3, -0.25) is 19.7 Å². The molecule has 10 heteroatoms. The van der Waals surface area contributed by atoms with E-state index >= 15 is 0 Å². The number of amides is 2. The highest BCUT2D eigenvalue weighted by molar-refractivity contribution is 7.80. The number of thiocarbonyl (C=S) groups is 1. The second kappa shape index (κ2) is 13.2. The Morgan fingerprint density at radius 3 is 2.78 bits per heavy atom. The minimum atomic E-state index is -0.869. The van der Waals surface area contributed by atoms with Crippen LogP contribution in [0.15, 0.2) is 54.6 Å². The first-order valence-electron chi connectivity index (χ1n) is 12.4. The van der Waals surface area contributed by atoms with Crippen molar-refractivity contribution in [2.45, 2.75) is 37.8 Å². The molecule has 9 nitrogen and oxygen atoms in total. The Morgan fingerprint density at radius 2 is 2.00 bits per heavy atom. The van der Waals surface area contributed by atoms with Crippen molar-refractivity contribution in [2.24, 2.45) is 0 Å². The summed E-state index contributed by atoms with van der Waals surface area (Å²) in [6.45, 7) is 2.01. The lowest BCUT2D eigenvalue weighted by Gasteiger charge is -2.36. The van der Waals surface area contributed by atoms with Gasteiger partial charge in [-0.1, -0.05) is 36.4 Å². The molecule has 2 amide bonds. The molecule has 0 saturated carbocycles. The Labute approximate surface area is 221 Å². The number of esters is 1. The molecule has 2 aromatic rings. The van der Waals surface area contributed by atoms with Crippen LogP contribution in [0.1, 0.15) is 35.2 Å². The Hall–Kier alpha value is -3.50. The molecule has 2 atom stereocenters. The normalized spacial score (nSPS) is 19.1. The fourth-order valence-corrected chi connectivity index (χ4v) is 4.55. The van der Waals surface area contributed by atoms with Gasteiger partial charge in [0.15, 0.2) is 5.11 Å². The highest BCUT2D eigenvalue weighted by atomic mass is 32.1. The summed E-state index contributed by atoms with van der Waals surface area (Å²) in [5, 5.41) is 5.50. The summed E-state index contributed by atoms with van der Waals surface area (Å²) in [6, 6.07) is 15.9. The van der Waals surface area contributed by atoms with Crippen molar-refractivity contribution in [3.8, 4) is 5.75 Å². The largest absolute Gasteiger partial charge is 0.493 e. The van der Waals surface area contributed by atoms with Crippen LogP contribution >= 0.6 is 12.2 Å². The molecule has 2 saturated heterocycles. The summed E-state index contributed by atoms with van der Waals surface area (Å²) < 4.78 is 16.6. The zero-order chi connectivity index (χ0) is 26.0. The van der Waals surface area contributed by atoms with E-state index in [-0.39, 0.29) is 30.2 Å². The summed E-state index contributed by atoms with van der Waals surface area (Å²) in [5.74, 6) is -0.717. The number of hydrogen-bond donors (Lipinski definition) is 2. The third kappa shape index (κ3) is 7.74. The SMILES string of the molecule is O=C(CC1C(=O)NCCN1C(=S)NC(=O)c1cccc(OCCc2ccccc2)c1)OCC1CCCO1. The second-order valence-electron chi connectivity index (χ2n) is 8.89. The lowest BCUT2D eigenvalue weighted by Crippen LogP contribution is -2.60. The van der Waals surface area contributed by atoms with E-state index < -0.39 is 17.9 Å². The molecule has 4 rings (SSSR count). The van der Waals surface area contributed by atoms with E-state index in [1.165, 1.54) is 0 Å². The molecule has 2 heterocycles. The Bertz CT molecular complexity index is 1110. The summed E-state index contributed by atoms with van der Waals surface area (Å²) >= 11 is 5.45. The van der Waals surface area contributed by atoms with Crippen molar-refractivity contribution in [3.63, 3.8) is 0 Å². The van der Waals surface area contributed by atoms with Gasteiger partial charge in [0, 0.05) is 31.7 Å². The molecule has 0 radical (unpaired) electrons. The average molecular weight is 526 g/mol. The molecule has 2 fully saturated rings. The highest BCUT2D eigenvalue weighted by Gasteiger charge is 2.34. The van der Waals surface area contributed by atoms with Crippen LogP contribution in [0.25, 0.3) is 0 Å². The summed E-state index contributed by atoms with van der Waals surface area (Å²) in [6.07, 6.45) is 2.25. The predicted octanol–water partition coefficient (Wildman–Crippen LogP) is 2.24. The summed E-state index contributed by atoms with van der Waals surface area (Å²) in [4.78, 5) is 39.4. The van der Waals surface area contributed by atoms with Crippen LogP contribution in [0.3, 0.4) is 0 Å². The number of nitrogens with zero attached hydrogens (tertiary/aromatic N) is 1. The molecular weight excluding hydrogens is 494 g/mol. The van der Waals surface area contributed by atoms with E-state index in [4.69, 9.17) is 26.4 Å². The van der Waals surface area contributed by atoms with Gasteiger partial charge < -0.3 is 24.4 Å². The van der Waals surface area contributed by atoms with Crippen molar-refractivity contribution < 1.29 is 28.6 Å². The van der Waals surface area contributed by atoms with Crippen molar-refractivity contribution in [1.29, 1.82) is 0 Å². The molecule has 2 aliphatic heterocycles. The molecule has 196 valence electrons. The zero-order valence-electron chi connectivity index (χ0n) is 20.5. The summed E-state index contributed by atoms with van der Waals surface area (Å²) in [7, 11) is 0. The third-order valence-corrected chi connectivity index (χ3v) is 6.56. The lowest BCUT2D eigenvalue weighted by atomic mass is 10.1. The van der Waals surface area contributed by atoms with E-state index in [9.17, 15) is 14.4 Å². The molecule has 2 aromatic carbocycles. The molecule has 0 bridgehead atoms. The van der Waals surface area contributed by atoms with Crippen LogP contribution in [0.2, 0.25) is 0 Å². The Balaban J connectivity index is 1.30. The van der Waals surface area contributed by atoms with E-state index in [1.54, 1.807) is 29.2 Å². The molecular formula is C27H31N3O6S. The molecule has 0 spiro atoms. The number of carbonyl (C=O) groups excluding carboxylic acids is 3. The maximum absolute atomic E-state index is 12.9.